The topological polar surface area (TPSA) is 128 Å². The largest absolute Gasteiger partial charge is 0.447 e. The lowest BCUT2D eigenvalue weighted by atomic mass is 9.93. The fourth-order valence-electron chi connectivity index (χ4n) is 4.70. The normalized spacial score (nSPS) is 16.6. The molecule has 0 saturated carbocycles. The summed E-state index contributed by atoms with van der Waals surface area (Å²) in [5, 5.41) is 4.35. The zero-order valence-corrected chi connectivity index (χ0v) is 20.5. The number of carbonyl (C=O) groups is 1. The van der Waals surface area contributed by atoms with Gasteiger partial charge in [-0.25, -0.2) is 23.2 Å². The summed E-state index contributed by atoms with van der Waals surface area (Å²) in [5.74, 6) is 0.712. The molecule has 1 amide bonds. The Bertz CT molecular complexity index is 1350. The van der Waals surface area contributed by atoms with E-state index in [2.05, 4.69) is 15.1 Å². The molecule has 0 bridgehead atoms. The number of ether oxygens (including phenoxy) is 2. The van der Waals surface area contributed by atoms with Gasteiger partial charge in [0, 0.05) is 44.6 Å². The van der Waals surface area contributed by atoms with Crippen LogP contribution in [0.4, 0.5) is 16.3 Å². The molecule has 35 heavy (non-hydrogen) atoms. The number of methoxy groups -OCH3 is 1. The highest BCUT2D eigenvalue weighted by atomic mass is 32.2. The Hall–Kier alpha value is -3.25. The van der Waals surface area contributed by atoms with Crippen LogP contribution in [-0.2, 0) is 25.7 Å². The number of anilines is 2. The van der Waals surface area contributed by atoms with E-state index in [1.165, 1.54) is 12.6 Å². The molecule has 4 heterocycles. The SMILES string of the molecule is COCCOC(=O)N1CCC(c2noc3c(N4CCc5cc(S(C)(=O)=O)ccc54)ncnc23)CC1. The molecule has 186 valence electrons. The molecule has 12 heteroatoms. The van der Waals surface area contributed by atoms with Gasteiger partial charge in [-0.2, -0.15) is 0 Å². The maximum atomic E-state index is 12.2. The van der Waals surface area contributed by atoms with Crippen molar-refractivity contribution in [3.05, 3.63) is 35.8 Å². The number of hydrogen-bond donors (Lipinski definition) is 0. The molecule has 0 atom stereocenters. The molecule has 2 aliphatic heterocycles. The zero-order chi connectivity index (χ0) is 24.6. The first kappa shape index (κ1) is 23.5. The van der Waals surface area contributed by atoms with Crippen LogP contribution in [0.25, 0.3) is 11.1 Å². The van der Waals surface area contributed by atoms with Crippen molar-refractivity contribution in [2.45, 2.75) is 30.1 Å². The summed E-state index contributed by atoms with van der Waals surface area (Å²) >= 11 is 0. The standard InChI is InChI=1S/C23H27N5O6S/c1-32-11-12-33-23(29)27-8-5-15(6-9-27)19-20-21(34-26-19)22(25-14-24-20)28-10-7-16-13-17(35(2,30)31)3-4-18(16)28/h3-4,13-15H,5-12H2,1-2H3. The van der Waals surface area contributed by atoms with E-state index in [1.807, 2.05) is 11.0 Å². The van der Waals surface area contributed by atoms with Gasteiger partial charge in [-0.05, 0) is 43.0 Å². The van der Waals surface area contributed by atoms with Crippen molar-refractivity contribution in [2.24, 2.45) is 0 Å². The number of benzene rings is 1. The molecule has 2 aromatic heterocycles. The third-order valence-electron chi connectivity index (χ3n) is 6.55. The molecule has 0 radical (unpaired) electrons. The minimum absolute atomic E-state index is 0.102. The molecular weight excluding hydrogens is 474 g/mol. The number of fused-ring (bicyclic) bond motifs is 2. The summed E-state index contributed by atoms with van der Waals surface area (Å²) in [6, 6.07) is 5.15. The van der Waals surface area contributed by atoms with E-state index in [1.54, 1.807) is 24.1 Å². The fourth-order valence-corrected chi connectivity index (χ4v) is 5.37. The Morgan fingerprint density at radius 2 is 1.97 bits per heavy atom. The smallest absolute Gasteiger partial charge is 0.409 e. The second-order valence-corrected chi connectivity index (χ2v) is 10.8. The quantitative estimate of drug-likeness (QED) is 0.465. The number of carbonyl (C=O) groups excluding carboxylic acids is 1. The number of nitrogens with zero attached hydrogens (tertiary/aromatic N) is 5. The number of aromatic nitrogens is 3. The van der Waals surface area contributed by atoms with Gasteiger partial charge in [-0.1, -0.05) is 5.16 Å². The average Bonchev–Trinajstić information content (AvgIpc) is 3.48. The zero-order valence-electron chi connectivity index (χ0n) is 19.6. The molecule has 1 saturated heterocycles. The summed E-state index contributed by atoms with van der Waals surface area (Å²) < 4.78 is 39.8. The van der Waals surface area contributed by atoms with Crippen molar-refractivity contribution < 1.29 is 27.2 Å². The van der Waals surface area contributed by atoms with Gasteiger partial charge < -0.3 is 23.8 Å². The monoisotopic (exact) mass is 501 g/mol. The van der Waals surface area contributed by atoms with E-state index in [4.69, 9.17) is 14.0 Å². The fraction of sp³-hybridized carbons (Fsp3) is 0.478. The Labute approximate surface area is 202 Å². The van der Waals surface area contributed by atoms with Crippen LogP contribution in [-0.4, -0.2) is 80.7 Å². The van der Waals surface area contributed by atoms with Crippen molar-refractivity contribution in [2.75, 3.05) is 51.1 Å². The van der Waals surface area contributed by atoms with Crippen LogP contribution in [0.15, 0.2) is 33.9 Å². The summed E-state index contributed by atoms with van der Waals surface area (Å²) in [6.07, 6.45) is 4.53. The number of sulfone groups is 1. The van der Waals surface area contributed by atoms with Crippen LogP contribution >= 0.6 is 0 Å². The number of amides is 1. The Morgan fingerprint density at radius 1 is 1.17 bits per heavy atom. The molecule has 0 spiro atoms. The van der Waals surface area contributed by atoms with Crippen molar-refractivity contribution in [1.82, 2.24) is 20.0 Å². The van der Waals surface area contributed by atoms with Gasteiger partial charge >= 0.3 is 6.09 Å². The molecule has 11 nitrogen and oxygen atoms in total. The molecule has 0 N–H and O–H groups in total. The lowest BCUT2D eigenvalue weighted by Gasteiger charge is -2.30. The lowest BCUT2D eigenvalue weighted by Crippen LogP contribution is -2.38. The highest BCUT2D eigenvalue weighted by Crippen LogP contribution is 2.39. The number of likely N-dealkylation sites (tertiary alicyclic amines) is 1. The third-order valence-corrected chi connectivity index (χ3v) is 7.66. The summed E-state index contributed by atoms with van der Waals surface area (Å²) in [7, 11) is -1.71. The first-order valence-electron chi connectivity index (χ1n) is 11.5. The van der Waals surface area contributed by atoms with Crippen LogP contribution in [0.5, 0.6) is 0 Å². The van der Waals surface area contributed by atoms with Crippen molar-refractivity contribution in [3.8, 4) is 0 Å². The second-order valence-electron chi connectivity index (χ2n) is 8.78. The Morgan fingerprint density at radius 3 is 2.71 bits per heavy atom. The number of piperidine rings is 1. The maximum absolute atomic E-state index is 12.2. The highest BCUT2D eigenvalue weighted by Gasteiger charge is 2.31. The molecule has 1 fully saturated rings. The summed E-state index contributed by atoms with van der Waals surface area (Å²) in [5.41, 5.74) is 3.78. The number of hydrogen-bond acceptors (Lipinski definition) is 10. The van der Waals surface area contributed by atoms with Crippen molar-refractivity contribution in [1.29, 1.82) is 0 Å². The first-order valence-corrected chi connectivity index (χ1v) is 13.4. The van der Waals surface area contributed by atoms with Crippen molar-refractivity contribution in [3.63, 3.8) is 0 Å². The molecule has 3 aromatic rings. The van der Waals surface area contributed by atoms with Crippen LogP contribution in [0.2, 0.25) is 0 Å². The van der Waals surface area contributed by atoms with E-state index < -0.39 is 9.84 Å². The van der Waals surface area contributed by atoms with Gasteiger partial charge in [0.2, 0.25) is 5.58 Å². The highest BCUT2D eigenvalue weighted by molar-refractivity contribution is 7.90. The van der Waals surface area contributed by atoms with Crippen molar-refractivity contribution >= 4 is 38.5 Å². The van der Waals surface area contributed by atoms with Gasteiger partial charge in [0.25, 0.3) is 0 Å². The van der Waals surface area contributed by atoms with E-state index >= 15 is 0 Å². The van der Waals surface area contributed by atoms with Crippen LogP contribution in [0.1, 0.15) is 30.0 Å². The molecule has 0 aliphatic carbocycles. The minimum Gasteiger partial charge on any atom is -0.447 e. The lowest BCUT2D eigenvalue weighted by molar-refractivity contribution is 0.0657. The van der Waals surface area contributed by atoms with Crippen LogP contribution in [0, 0.1) is 0 Å². The van der Waals surface area contributed by atoms with Gasteiger partial charge in [-0.15, -0.1) is 0 Å². The average molecular weight is 502 g/mol. The number of rotatable bonds is 6. The minimum atomic E-state index is -3.28. The van der Waals surface area contributed by atoms with Gasteiger partial charge in [0.15, 0.2) is 15.7 Å². The molecule has 1 aromatic carbocycles. The van der Waals surface area contributed by atoms with E-state index in [9.17, 15) is 13.2 Å². The summed E-state index contributed by atoms with van der Waals surface area (Å²) in [6.45, 7) is 2.37. The molecule has 0 unspecified atom stereocenters. The predicted octanol–water partition coefficient (Wildman–Crippen LogP) is 2.68. The maximum Gasteiger partial charge on any atom is 0.409 e. The first-order chi connectivity index (χ1) is 16.9. The van der Waals surface area contributed by atoms with E-state index in [0.29, 0.717) is 54.5 Å². The Kier molecular flexibility index (Phi) is 6.32. The van der Waals surface area contributed by atoms with Crippen LogP contribution in [0.3, 0.4) is 0 Å². The predicted molar refractivity (Wildman–Crippen MR) is 127 cm³/mol. The Balaban J connectivity index is 1.35. The third kappa shape index (κ3) is 4.55. The van der Waals surface area contributed by atoms with Gasteiger partial charge in [0.1, 0.15) is 24.1 Å². The summed E-state index contributed by atoms with van der Waals surface area (Å²) in [4.78, 5) is 25.2. The van der Waals surface area contributed by atoms with E-state index in [-0.39, 0.29) is 18.6 Å². The molecule has 2 aliphatic rings. The van der Waals surface area contributed by atoms with Gasteiger partial charge in [0.05, 0.1) is 11.5 Å². The molecular formula is C23H27N5O6S. The molecule has 5 rings (SSSR count). The van der Waals surface area contributed by atoms with Crippen LogP contribution < -0.4 is 4.90 Å². The van der Waals surface area contributed by atoms with E-state index in [0.717, 1.165) is 29.8 Å². The van der Waals surface area contributed by atoms with Gasteiger partial charge in [-0.3, -0.25) is 0 Å². The second kappa shape index (κ2) is 9.42.